The Balaban J connectivity index is 2.12. The summed E-state index contributed by atoms with van der Waals surface area (Å²) in [5.74, 6) is 0.692. The number of nitrogens with one attached hydrogen (secondary N) is 1. The topological polar surface area (TPSA) is 67.6 Å². The molecule has 0 spiro atoms. The van der Waals surface area contributed by atoms with Crippen molar-refractivity contribution in [1.82, 2.24) is 15.0 Å². The van der Waals surface area contributed by atoms with Crippen LogP contribution >= 0.6 is 0 Å². The molecule has 4 nitrogen and oxygen atoms in total. The number of nitrogens with two attached hydrogens (primary N) is 1. The highest BCUT2D eigenvalue weighted by atomic mass is 14.9. The normalized spacial score (nSPS) is 10.6. The Morgan fingerprint density at radius 3 is 2.68 bits per heavy atom. The summed E-state index contributed by atoms with van der Waals surface area (Å²) in [6.07, 6.45) is 1.88. The van der Waals surface area contributed by atoms with Crippen molar-refractivity contribution in [3.63, 3.8) is 0 Å². The summed E-state index contributed by atoms with van der Waals surface area (Å²) < 4.78 is 0. The molecule has 2 aromatic heterocycles. The number of hydrogen-bond acceptors (Lipinski definition) is 3. The van der Waals surface area contributed by atoms with E-state index in [1.807, 2.05) is 55.6 Å². The monoisotopic (exact) mass is 250 g/mol. The van der Waals surface area contributed by atoms with Gasteiger partial charge in [-0.2, -0.15) is 0 Å². The molecule has 0 aliphatic rings. The fourth-order valence-corrected chi connectivity index (χ4v) is 2.00. The first-order chi connectivity index (χ1) is 9.22. The second kappa shape index (κ2) is 4.57. The van der Waals surface area contributed by atoms with E-state index in [1.54, 1.807) is 0 Å². The lowest BCUT2D eigenvalue weighted by atomic mass is 10.1. The number of nitrogen functional groups attached to an aromatic ring is 1. The Kier molecular flexibility index (Phi) is 2.76. The molecule has 0 fully saturated rings. The lowest BCUT2D eigenvalue weighted by molar-refractivity contribution is 1.11. The number of H-pyrrole nitrogens is 1. The van der Waals surface area contributed by atoms with E-state index in [1.165, 1.54) is 0 Å². The average molecular weight is 250 g/mol. The highest BCUT2D eigenvalue weighted by molar-refractivity contribution is 5.64. The van der Waals surface area contributed by atoms with Gasteiger partial charge < -0.3 is 10.7 Å². The minimum atomic E-state index is 0.692. The van der Waals surface area contributed by atoms with E-state index in [0.29, 0.717) is 11.5 Å². The van der Waals surface area contributed by atoms with Crippen molar-refractivity contribution in [2.75, 3.05) is 5.73 Å². The van der Waals surface area contributed by atoms with Gasteiger partial charge in [-0.25, -0.2) is 9.97 Å². The summed E-state index contributed by atoms with van der Waals surface area (Å²) in [6, 6.07) is 13.5. The largest absolute Gasteiger partial charge is 0.399 e. The van der Waals surface area contributed by atoms with Crippen molar-refractivity contribution in [2.24, 2.45) is 0 Å². The molecule has 0 radical (unpaired) electrons. The first-order valence-electron chi connectivity index (χ1n) is 6.08. The van der Waals surface area contributed by atoms with E-state index in [2.05, 4.69) is 15.0 Å². The number of benzene rings is 1. The van der Waals surface area contributed by atoms with Crippen molar-refractivity contribution in [2.45, 2.75) is 6.92 Å². The summed E-state index contributed by atoms with van der Waals surface area (Å²) in [4.78, 5) is 12.2. The van der Waals surface area contributed by atoms with E-state index >= 15 is 0 Å². The SMILES string of the molecule is Cc1cc(-c2ccc[nH]2)nc(-c2cccc(N)c2)n1. The van der Waals surface area contributed by atoms with Crippen LogP contribution in [0.15, 0.2) is 48.7 Å². The first-order valence-corrected chi connectivity index (χ1v) is 6.08. The van der Waals surface area contributed by atoms with Gasteiger partial charge in [-0.1, -0.05) is 12.1 Å². The first kappa shape index (κ1) is 11.5. The number of aromatic nitrogens is 3. The van der Waals surface area contributed by atoms with Crippen LogP contribution in [0.4, 0.5) is 5.69 Å². The number of anilines is 1. The maximum absolute atomic E-state index is 5.80. The molecule has 0 saturated heterocycles. The number of rotatable bonds is 2. The predicted molar refractivity (Wildman–Crippen MR) is 76.4 cm³/mol. The number of aryl methyl sites for hydroxylation is 1. The van der Waals surface area contributed by atoms with Gasteiger partial charge in [0.25, 0.3) is 0 Å². The summed E-state index contributed by atoms with van der Waals surface area (Å²) >= 11 is 0. The average Bonchev–Trinajstić information content (AvgIpc) is 2.92. The van der Waals surface area contributed by atoms with Crippen molar-refractivity contribution >= 4 is 5.69 Å². The van der Waals surface area contributed by atoms with Crippen LogP contribution in [0, 0.1) is 6.92 Å². The zero-order chi connectivity index (χ0) is 13.2. The molecule has 19 heavy (non-hydrogen) atoms. The molecule has 3 rings (SSSR count). The molecule has 0 bridgehead atoms. The summed E-state index contributed by atoms with van der Waals surface area (Å²) in [5, 5.41) is 0. The Bertz CT molecular complexity index is 702. The van der Waals surface area contributed by atoms with Gasteiger partial charge >= 0.3 is 0 Å². The van der Waals surface area contributed by atoms with Crippen molar-refractivity contribution in [3.8, 4) is 22.8 Å². The third kappa shape index (κ3) is 2.33. The van der Waals surface area contributed by atoms with Crippen molar-refractivity contribution in [3.05, 3.63) is 54.4 Å². The van der Waals surface area contributed by atoms with Crippen LogP contribution in [-0.4, -0.2) is 15.0 Å². The van der Waals surface area contributed by atoms with Crippen LogP contribution in [0.1, 0.15) is 5.69 Å². The van der Waals surface area contributed by atoms with Gasteiger partial charge in [-0.3, -0.25) is 0 Å². The van der Waals surface area contributed by atoms with Gasteiger partial charge in [-0.15, -0.1) is 0 Å². The Hall–Kier alpha value is -2.62. The smallest absolute Gasteiger partial charge is 0.160 e. The van der Waals surface area contributed by atoms with Crippen molar-refractivity contribution in [1.29, 1.82) is 0 Å². The highest BCUT2D eigenvalue weighted by Crippen LogP contribution is 2.22. The van der Waals surface area contributed by atoms with E-state index in [0.717, 1.165) is 22.6 Å². The van der Waals surface area contributed by atoms with E-state index in [-0.39, 0.29) is 0 Å². The Morgan fingerprint density at radius 1 is 1.05 bits per heavy atom. The second-order valence-corrected chi connectivity index (χ2v) is 4.43. The van der Waals surface area contributed by atoms with Gasteiger partial charge in [0.05, 0.1) is 11.4 Å². The molecule has 94 valence electrons. The molecular formula is C15H14N4. The molecule has 1 aromatic carbocycles. The molecule has 0 amide bonds. The maximum atomic E-state index is 5.80. The number of hydrogen-bond donors (Lipinski definition) is 2. The second-order valence-electron chi connectivity index (χ2n) is 4.43. The fourth-order valence-electron chi connectivity index (χ4n) is 2.00. The minimum Gasteiger partial charge on any atom is -0.399 e. The molecule has 2 heterocycles. The van der Waals surface area contributed by atoms with Gasteiger partial charge in [0, 0.05) is 23.1 Å². The molecule has 0 atom stereocenters. The van der Waals surface area contributed by atoms with Gasteiger partial charge in [-0.05, 0) is 37.3 Å². The fraction of sp³-hybridized carbons (Fsp3) is 0.0667. The molecule has 0 saturated carbocycles. The van der Waals surface area contributed by atoms with Crippen LogP contribution in [-0.2, 0) is 0 Å². The lowest BCUT2D eigenvalue weighted by Gasteiger charge is -2.05. The van der Waals surface area contributed by atoms with Crippen LogP contribution < -0.4 is 5.73 Å². The van der Waals surface area contributed by atoms with Gasteiger partial charge in [0.15, 0.2) is 5.82 Å². The lowest BCUT2D eigenvalue weighted by Crippen LogP contribution is -1.96. The zero-order valence-corrected chi connectivity index (χ0v) is 10.6. The van der Waals surface area contributed by atoms with E-state index in [4.69, 9.17) is 5.73 Å². The Morgan fingerprint density at radius 2 is 1.95 bits per heavy atom. The standard InChI is InChI=1S/C15H14N4/c1-10-8-14(13-6-3-7-17-13)19-15(18-10)11-4-2-5-12(16)9-11/h2-9,17H,16H2,1H3. The molecule has 4 heteroatoms. The van der Waals surface area contributed by atoms with Crippen molar-refractivity contribution < 1.29 is 0 Å². The zero-order valence-electron chi connectivity index (χ0n) is 10.6. The molecule has 0 aliphatic heterocycles. The van der Waals surface area contributed by atoms with E-state index in [9.17, 15) is 0 Å². The van der Waals surface area contributed by atoms with Gasteiger partial charge in [0.2, 0.25) is 0 Å². The highest BCUT2D eigenvalue weighted by Gasteiger charge is 2.07. The quantitative estimate of drug-likeness (QED) is 0.687. The molecular weight excluding hydrogens is 236 g/mol. The van der Waals surface area contributed by atoms with Crippen LogP contribution in [0.2, 0.25) is 0 Å². The van der Waals surface area contributed by atoms with Crippen LogP contribution in [0.5, 0.6) is 0 Å². The molecule has 3 aromatic rings. The molecule has 0 aliphatic carbocycles. The summed E-state index contributed by atoms with van der Waals surface area (Å²) in [7, 11) is 0. The minimum absolute atomic E-state index is 0.692. The Labute approximate surface area is 111 Å². The van der Waals surface area contributed by atoms with Crippen LogP contribution in [0.25, 0.3) is 22.8 Å². The third-order valence-electron chi connectivity index (χ3n) is 2.87. The van der Waals surface area contributed by atoms with Crippen LogP contribution in [0.3, 0.4) is 0 Å². The maximum Gasteiger partial charge on any atom is 0.160 e. The number of aromatic amines is 1. The van der Waals surface area contributed by atoms with E-state index < -0.39 is 0 Å². The third-order valence-corrected chi connectivity index (χ3v) is 2.87. The predicted octanol–water partition coefficient (Wildman–Crippen LogP) is 3.03. The summed E-state index contributed by atoms with van der Waals surface area (Å²) in [6.45, 7) is 1.96. The van der Waals surface area contributed by atoms with Gasteiger partial charge in [0.1, 0.15) is 0 Å². The molecule has 3 N–H and O–H groups in total. The summed E-state index contributed by atoms with van der Waals surface area (Å²) in [5.41, 5.74) is 10.2. The number of nitrogens with zero attached hydrogens (tertiary/aromatic N) is 2. The molecule has 0 unspecified atom stereocenters.